The second-order valence-corrected chi connectivity index (χ2v) is 7.24. The molecule has 1 aromatic rings. The summed E-state index contributed by atoms with van der Waals surface area (Å²) in [6, 6.07) is 3.48. The van der Waals surface area contributed by atoms with Crippen molar-refractivity contribution in [1.29, 1.82) is 0 Å². The number of rotatable bonds is 7. The Morgan fingerprint density at radius 2 is 2.04 bits per heavy atom. The van der Waals surface area contributed by atoms with E-state index in [1.165, 1.54) is 48.8 Å². The van der Waals surface area contributed by atoms with E-state index < -0.39 is 0 Å². The minimum absolute atomic E-state index is 0.248. The standard InChI is InChI=1S/C23H29FO/c1-3-4-9-19-15-22(24)23(14-17(19)2)25-16-20-12-8-13-21(20)18-10-6-5-7-11-18/h3,10,14-15H,1,4-9,11-13,16H2,2H3. The fourth-order valence-corrected chi connectivity index (χ4v) is 3.96. The first-order valence-electron chi connectivity index (χ1n) is 9.62. The summed E-state index contributed by atoms with van der Waals surface area (Å²) in [5.41, 5.74) is 6.53. The highest BCUT2D eigenvalue weighted by Crippen LogP contribution is 2.36. The molecular formula is C23H29FO. The highest BCUT2D eigenvalue weighted by molar-refractivity contribution is 5.40. The van der Waals surface area contributed by atoms with Gasteiger partial charge in [-0.3, -0.25) is 0 Å². The average molecular weight is 340 g/mol. The maximum atomic E-state index is 14.4. The van der Waals surface area contributed by atoms with Crippen LogP contribution in [0.3, 0.4) is 0 Å². The van der Waals surface area contributed by atoms with Crippen LogP contribution in [-0.4, -0.2) is 6.61 Å². The van der Waals surface area contributed by atoms with Crippen molar-refractivity contribution in [3.05, 3.63) is 64.5 Å². The van der Waals surface area contributed by atoms with Gasteiger partial charge in [-0.25, -0.2) is 4.39 Å². The summed E-state index contributed by atoms with van der Waals surface area (Å²) in [5.74, 6) is 0.137. The zero-order chi connectivity index (χ0) is 17.6. The summed E-state index contributed by atoms with van der Waals surface area (Å²) in [6.07, 6.45) is 14.4. The minimum Gasteiger partial charge on any atom is -0.486 e. The fraction of sp³-hybridized carbons (Fsp3) is 0.478. The third-order valence-corrected chi connectivity index (χ3v) is 5.42. The molecule has 134 valence electrons. The van der Waals surface area contributed by atoms with Gasteiger partial charge in [-0.05, 0) is 105 Å². The molecule has 0 heterocycles. The van der Waals surface area contributed by atoms with E-state index in [1.54, 1.807) is 6.07 Å². The summed E-state index contributed by atoms with van der Waals surface area (Å²) in [6.45, 7) is 6.28. The second-order valence-electron chi connectivity index (χ2n) is 7.24. The van der Waals surface area contributed by atoms with Gasteiger partial charge in [0.25, 0.3) is 0 Å². The molecule has 0 atom stereocenters. The molecule has 2 aliphatic rings. The third-order valence-electron chi connectivity index (χ3n) is 5.42. The lowest BCUT2D eigenvalue weighted by Gasteiger charge is -2.17. The van der Waals surface area contributed by atoms with Crippen LogP contribution in [0.2, 0.25) is 0 Å². The monoisotopic (exact) mass is 340 g/mol. The predicted molar refractivity (Wildman–Crippen MR) is 103 cm³/mol. The number of halogens is 1. The Morgan fingerprint density at radius 1 is 1.16 bits per heavy atom. The summed E-state index contributed by atoms with van der Waals surface area (Å²) < 4.78 is 20.3. The normalized spacial score (nSPS) is 17.6. The first-order valence-corrected chi connectivity index (χ1v) is 9.62. The summed E-state index contributed by atoms with van der Waals surface area (Å²) in [5, 5.41) is 0. The Balaban J connectivity index is 1.71. The van der Waals surface area contributed by atoms with Crippen molar-refractivity contribution in [2.24, 2.45) is 0 Å². The molecule has 1 aromatic carbocycles. The van der Waals surface area contributed by atoms with E-state index in [2.05, 4.69) is 12.7 Å². The molecule has 0 amide bonds. The summed E-state index contributed by atoms with van der Waals surface area (Å²) >= 11 is 0. The number of aryl methyl sites for hydroxylation is 2. The molecule has 0 aromatic heterocycles. The van der Waals surface area contributed by atoms with Crippen molar-refractivity contribution < 1.29 is 9.13 Å². The molecule has 0 spiro atoms. The zero-order valence-corrected chi connectivity index (χ0v) is 15.4. The van der Waals surface area contributed by atoms with E-state index in [0.29, 0.717) is 12.4 Å². The van der Waals surface area contributed by atoms with Crippen LogP contribution in [0.4, 0.5) is 4.39 Å². The predicted octanol–water partition coefficient (Wildman–Crippen LogP) is 6.61. The first-order chi connectivity index (χ1) is 12.2. The molecule has 2 heteroatoms. The largest absolute Gasteiger partial charge is 0.486 e. The number of hydrogen-bond acceptors (Lipinski definition) is 1. The van der Waals surface area contributed by atoms with E-state index in [1.807, 2.05) is 19.1 Å². The number of ether oxygens (including phenoxy) is 1. The van der Waals surface area contributed by atoms with Gasteiger partial charge in [0.05, 0.1) is 0 Å². The van der Waals surface area contributed by atoms with E-state index in [9.17, 15) is 4.39 Å². The van der Waals surface area contributed by atoms with Gasteiger partial charge >= 0.3 is 0 Å². The topological polar surface area (TPSA) is 9.23 Å². The van der Waals surface area contributed by atoms with Gasteiger partial charge in [0.1, 0.15) is 6.61 Å². The highest BCUT2D eigenvalue weighted by Gasteiger charge is 2.20. The molecule has 0 aliphatic heterocycles. The second kappa shape index (κ2) is 8.51. The van der Waals surface area contributed by atoms with E-state index in [4.69, 9.17) is 4.74 Å². The lowest BCUT2D eigenvalue weighted by Crippen LogP contribution is -2.05. The Labute approximate surface area is 151 Å². The lowest BCUT2D eigenvalue weighted by atomic mass is 9.91. The zero-order valence-electron chi connectivity index (χ0n) is 15.4. The molecule has 0 bridgehead atoms. The molecule has 0 saturated carbocycles. The van der Waals surface area contributed by atoms with Crippen molar-refractivity contribution in [3.63, 3.8) is 0 Å². The Hall–Kier alpha value is -1.83. The molecule has 0 fully saturated rings. The Morgan fingerprint density at radius 3 is 2.80 bits per heavy atom. The molecule has 3 rings (SSSR count). The maximum Gasteiger partial charge on any atom is 0.165 e. The van der Waals surface area contributed by atoms with E-state index in [-0.39, 0.29) is 5.82 Å². The van der Waals surface area contributed by atoms with Crippen LogP contribution in [0.15, 0.2) is 47.6 Å². The molecule has 25 heavy (non-hydrogen) atoms. The summed E-state index contributed by atoms with van der Waals surface area (Å²) in [7, 11) is 0. The molecule has 0 unspecified atom stereocenters. The SMILES string of the molecule is C=CCCc1cc(F)c(OCC2=C(C3=CCCCC3)CCC2)cc1C. The Bertz CT molecular complexity index is 696. The van der Waals surface area contributed by atoms with Crippen LogP contribution >= 0.6 is 0 Å². The smallest absolute Gasteiger partial charge is 0.165 e. The van der Waals surface area contributed by atoms with Crippen molar-refractivity contribution in [1.82, 2.24) is 0 Å². The van der Waals surface area contributed by atoms with Gasteiger partial charge in [0, 0.05) is 0 Å². The van der Waals surface area contributed by atoms with Gasteiger partial charge in [-0.2, -0.15) is 0 Å². The van der Waals surface area contributed by atoms with Crippen molar-refractivity contribution in [2.75, 3.05) is 6.61 Å². The third kappa shape index (κ3) is 4.42. The van der Waals surface area contributed by atoms with Crippen LogP contribution in [0.25, 0.3) is 0 Å². The van der Waals surface area contributed by atoms with Gasteiger partial charge in [0.2, 0.25) is 0 Å². The van der Waals surface area contributed by atoms with Crippen LogP contribution in [-0.2, 0) is 6.42 Å². The maximum absolute atomic E-state index is 14.4. The van der Waals surface area contributed by atoms with Gasteiger partial charge < -0.3 is 4.74 Å². The highest BCUT2D eigenvalue weighted by atomic mass is 19.1. The fourth-order valence-electron chi connectivity index (χ4n) is 3.96. The van der Waals surface area contributed by atoms with Gasteiger partial charge in [0.15, 0.2) is 11.6 Å². The van der Waals surface area contributed by atoms with Crippen LogP contribution in [0, 0.1) is 12.7 Å². The molecule has 0 N–H and O–H groups in total. The quantitative estimate of drug-likeness (QED) is 0.507. The number of allylic oxidation sites excluding steroid dienone is 4. The molecule has 0 saturated heterocycles. The number of benzene rings is 1. The van der Waals surface area contributed by atoms with Crippen LogP contribution < -0.4 is 4.74 Å². The van der Waals surface area contributed by atoms with Crippen LogP contribution in [0.1, 0.15) is 62.5 Å². The minimum atomic E-state index is -0.248. The van der Waals surface area contributed by atoms with Crippen molar-refractivity contribution >= 4 is 0 Å². The van der Waals surface area contributed by atoms with Crippen LogP contribution in [0.5, 0.6) is 5.75 Å². The number of hydrogen-bond donors (Lipinski definition) is 0. The molecule has 2 aliphatic carbocycles. The average Bonchev–Trinajstić information content (AvgIpc) is 3.10. The van der Waals surface area contributed by atoms with E-state index >= 15 is 0 Å². The first kappa shape index (κ1) is 18.0. The van der Waals surface area contributed by atoms with Gasteiger partial charge in [-0.1, -0.05) is 12.2 Å². The van der Waals surface area contributed by atoms with Gasteiger partial charge in [-0.15, -0.1) is 6.58 Å². The molecule has 1 nitrogen and oxygen atoms in total. The summed E-state index contributed by atoms with van der Waals surface area (Å²) in [4.78, 5) is 0. The Kier molecular flexibility index (Phi) is 6.12. The molecule has 0 radical (unpaired) electrons. The van der Waals surface area contributed by atoms with Crippen molar-refractivity contribution in [3.8, 4) is 5.75 Å². The molecular weight excluding hydrogens is 311 g/mol. The van der Waals surface area contributed by atoms with E-state index in [0.717, 1.165) is 36.8 Å². The lowest BCUT2D eigenvalue weighted by molar-refractivity contribution is 0.328. The van der Waals surface area contributed by atoms with Crippen molar-refractivity contribution in [2.45, 2.75) is 64.7 Å².